The number of nitrogens with two attached hydrogens (primary N) is 1. The first-order valence-electron chi connectivity index (χ1n) is 11.0. The molecule has 0 amide bonds. The fourth-order valence-corrected chi connectivity index (χ4v) is 4.40. The van der Waals surface area contributed by atoms with E-state index in [0.29, 0.717) is 33.2 Å². The summed E-state index contributed by atoms with van der Waals surface area (Å²) >= 11 is 6.92. The zero-order chi connectivity index (χ0) is 27.2. The second-order valence-electron chi connectivity index (χ2n) is 7.86. The molecule has 2 aromatic carbocycles. The largest absolute Gasteiger partial charge is 0.491 e. The van der Waals surface area contributed by atoms with Gasteiger partial charge in [0, 0.05) is 16.9 Å². The third-order valence-electron chi connectivity index (χ3n) is 5.26. The van der Waals surface area contributed by atoms with Crippen molar-refractivity contribution in [2.45, 2.75) is 16.9 Å². The summed E-state index contributed by atoms with van der Waals surface area (Å²) in [6, 6.07) is 12.9. The molecule has 0 saturated heterocycles. The van der Waals surface area contributed by atoms with Crippen LogP contribution in [-0.2, 0) is 5.75 Å². The monoisotopic (exact) mass is 551 g/mol. The summed E-state index contributed by atoms with van der Waals surface area (Å²) in [5.41, 5.74) is 8.13. The van der Waals surface area contributed by atoms with Crippen molar-refractivity contribution in [1.29, 1.82) is 5.26 Å². The number of aromatic nitrogens is 2. The Hall–Kier alpha value is -4.13. The highest BCUT2D eigenvalue weighted by Crippen LogP contribution is 2.42. The summed E-state index contributed by atoms with van der Waals surface area (Å²) in [5.74, 6) is 0.286. The Balaban J connectivity index is 1.60. The maximum Gasteiger partial charge on any atom is 0.236 e. The number of pyridine rings is 1. The minimum Gasteiger partial charge on any atom is -0.491 e. The minimum atomic E-state index is -1.01. The van der Waals surface area contributed by atoms with E-state index in [-0.39, 0.29) is 40.3 Å². The Morgan fingerprint density at radius 1 is 1.24 bits per heavy atom. The van der Waals surface area contributed by atoms with Gasteiger partial charge in [-0.1, -0.05) is 35.5 Å². The van der Waals surface area contributed by atoms with Gasteiger partial charge >= 0.3 is 0 Å². The molecule has 0 unspecified atom stereocenters. The quantitative estimate of drug-likeness (QED) is 0.188. The molecule has 0 spiro atoms. The molecule has 0 aliphatic heterocycles. The SMILES string of the molecule is [C-]#[N+]c1c(N)nc(SCc2coc(-c3ccc(Cl)c(F)c3)n2)c(C#N)c1-c1ccc(OC[C@@H](O)CO)cc1. The van der Waals surface area contributed by atoms with Gasteiger partial charge in [-0.25, -0.2) is 19.2 Å². The van der Waals surface area contributed by atoms with Gasteiger partial charge in [0.05, 0.1) is 29.5 Å². The topological polar surface area (TPSA) is 143 Å². The maximum absolute atomic E-state index is 13.8. The van der Waals surface area contributed by atoms with Crippen LogP contribution in [-0.4, -0.2) is 39.5 Å². The Morgan fingerprint density at radius 2 is 1.97 bits per heavy atom. The van der Waals surface area contributed by atoms with Crippen molar-refractivity contribution in [3.8, 4) is 34.4 Å². The van der Waals surface area contributed by atoms with Crippen LogP contribution in [0.25, 0.3) is 27.4 Å². The van der Waals surface area contributed by atoms with E-state index in [9.17, 15) is 14.8 Å². The summed E-state index contributed by atoms with van der Waals surface area (Å²) in [6.45, 7) is 7.08. The number of rotatable bonds is 9. The third-order valence-corrected chi connectivity index (χ3v) is 6.58. The Labute approximate surface area is 226 Å². The maximum atomic E-state index is 13.8. The number of anilines is 1. The molecule has 0 aliphatic carbocycles. The Bertz CT molecular complexity index is 1550. The Kier molecular flexibility index (Phi) is 8.46. The normalized spacial score (nSPS) is 11.5. The van der Waals surface area contributed by atoms with Crippen molar-refractivity contribution in [2.24, 2.45) is 0 Å². The molecule has 2 aromatic heterocycles. The second kappa shape index (κ2) is 11.9. The first-order chi connectivity index (χ1) is 18.3. The number of hydrogen-bond acceptors (Lipinski definition) is 9. The third kappa shape index (κ3) is 5.88. The summed E-state index contributed by atoms with van der Waals surface area (Å²) in [5, 5.41) is 28.7. The molecule has 12 heteroatoms. The second-order valence-corrected chi connectivity index (χ2v) is 9.23. The number of oxazole rings is 1. The predicted octanol–water partition coefficient (Wildman–Crippen LogP) is 5.23. The van der Waals surface area contributed by atoms with E-state index in [1.54, 1.807) is 30.3 Å². The van der Waals surface area contributed by atoms with Gasteiger partial charge < -0.3 is 25.1 Å². The van der Waals surface area contributed by atoms with Crippen LogP contribution < -0.4 is 10.5 Å². The van der Waals surface area contributed by atoms with Crippen molar-refractivity contribution >= 4 is 34.9 Å². The fourth-order valence-electron chi connectivity index (χ4n) is 3.41. The van der Waals surface area contributed by atoms with E-state index < -0.39 is 18.5 Å². The van der Waals surface area contributed by atoms with Crippen LogP contribution in [0.5, 0.6) is 5.75 Å². The highest BCUT2D eigenvalue weighted by atomic mass is 35.5. The average molecular weight is 552 g/mol. The van der Waals surface area contributed by atoms with Gasteiger partial charge in [0.15, 0.2) is 0 Å². The first kappa shape index (κ1) is 26.9. The molecule has 0 saturated carbocycles. The molecule has 4 rings (SSSR count). The zero-order valence-electron chi connectivity index (χ0n) is 19.6. The van der Waals surface area contributed by atoms with Gasteiger partial charge in [0.1, 0.15) is 47.5 Å². The van der Waals surface area contributed by atoms with E-state index in [0.717, 1.165) is 0 Å². The lowest BCUT2D eigenvalue weighted by Crippen LogP contribution is -2.21. The lowest BCUT2D eigenvalue weighted by molar-refractivity contribution is 0.0536. The molecular formula is C26H19ClFN5O4S. The van der Waals surface area contributed by atoms with Crippen LogP contribution in [0.1, 0.15) is 11.3 Å². The smallest absolute Gasteiger partial charge is 0.236 e. The Morgan fingerprint density at radius 3 is 2.63 bits per heavy atom. The van der Waals surface area contributed by atoms with Crippen molar-refractivity contribution in [3.63, 3.8) is 0 Å². The molecule has 0 aliphatic rings. The zero-order valence-corrected chi connectivity index (χ0v) is 21.1. The van der Waals surface area contributed by atoms with E-state index in [4.69, 9.17) is 38.2 Å². The number of nitriles is 1. The molecule has 192 valence electrons. The fraction of sp³-hybridized carbons (Fsp3) is 0.154. The van der Waals surface area contributed by atoms with Gasteiger partial charge in [-0.15, -0.1) is 0 Å². The summed E-state index contributed by atoms with van der Waals surface area (Å²) in [6.07, 6.45) is 0.409. The lowest BCUT2D eigenvalue weighted by atomic mass is 10.00. The number of halogens is 2. The van der Waals surface area contributed by atoms with Gasteiger partial charge in [-0.3, -0.25) is 0 Å². The molecule has 0 fully saturated rings. The number of benzene rings is 2. The number of nitrogen functional groups attached to an aromatic ring is 1. The molecule has 4 aromatic rings. The number of aliphatic hydroxyl groups excluding tert-OH is 2. The summed E-state index contributed by atoms with van der Waals surface area (Å²) < 4.78 is 24.7. The molecule has 1 atom stereocenters. The number of nitrogens with zero attached hydrogens (tertiary/aromatic N) is 4. The van der Waals surface area contributed by atoms with Gasteiger partial charge in [-0.2, -0.15) is 5.26 Å². The summed E-state index contributed by atoms with van der Waals surface area (Å²) in [7, 11) is 0. The van der Waals surface area contributed by atoms with Crippen LogP contribution in [0.4, 0.5) is 15.9 Å². The molecule has 9 nitrogen and oxygen atoms in total. The van der Waals surface area contributed by atoms with Crippen molar-refractivity contribution in [1.82, 2.24) is 9.97 Å². The van der Waals surface area contributed by atoms with Crippen LogP contribution in [0.2, 0.25) is 5.02 Å². The molecule has 4 N–H and O–H groups in total. The van der Waals surface area contributed by atoms with E-state index in [1.165, 1.54) is 30.2 Å². The highest BCUT2D eigenvalue weighted by molar-refractivity contribution is 7.98. The van der Waals surface area contributed by atoms with Crippen LogP contribution in [0.15, 0.2) is 58.2 Å². The molecular weight excluding hydrogens is 533 g/mol. The minimum absolute atomic E-state index is 0.00916. The van der Waals surface area contributed by atoms with Crippen LogP contribution in [0.3, 0.4) is 0 Å². The van der Waals surface area contributed by atoms with Crippen molar-refractivity contribution in [3.05, 3.63) is 82.2 Å². The number of ether oxygens (including phenoxy) is 1. The van der Waals surface area contributed by atoms with Crippen molar-refractivity contribution < 1.29 is 23.8 Å². The molecule has 0 radical (unpaired) electrons. The molecule has 2 heterocycles. The molecule has 0 bridgehead atoms. The van der Waals surface area contributed by atoms with Crippen molar-refractivity contribution in [2.75, 3.05) is 18.9 Å². The average Bonchev–Trinajstić information content (AvgIpc) is 3.41. The predicted molar refractivity (Wildman–Crippen MR) is 140 cm³/mol. The van der Waals surface area contributed by atoms with Gasteiger partial charge in [0.25, 0.3) is 0 Å². The van der Waals surface area contributed by atoms with E-state index >= 15 is 0 Å². The summed E-state index contributed by atoms with van der Waals surface area (Å²) in [4.78, 5) is 12.2. The number of thioether (sulfide) groups is 1. The van der Waals surface area contributed by atoms with Gasteiger partial charge in [0.2, 0.25) is 11.6 Å². The molecule has 38 heavy (non-hydrogen) atoms. The van der Waals surface area contributed by atoms with Crippen LogP contribution >= 0.6 is 23.4 Å². The van der Waals surface area contributed by atoms with Gasteiger partial charge in [-0.05, 0) is 35.9 Å². The van der Waals surface area contributed by atoms with E-state index in [2.05, 4.69) is 20.9 Å². The lowest BCUT2D eigenvalue weighted by Gasteiger charge is -2.14. The number of hydrogen-bond donors (Lipinski definition) is 3. The number of aliphatic hydroxyl groups is 2. The van der Waals surface area contributed by atoms with E-state index in [1.807, 2.05) is 0 Å². The first-order valence-corrected chi connectivity index (χ1v) is 12.4. The standard InChI is InChI=1S/C26H19ClFN5O4S/c1-31-23-22(14-2-5-18(6-3-14)36-12-17(35)10-34)19(9-29)26(33-24(23)30)38-13-16-11-37-25(32-16)15-4-7-20(27)21(28)8-15/h2-8,11,17,34-35H,10,12-13H2,(H2,30,33)/t17-/m0/s1. The highest BCUT2D eigenvalue weighted by Gasteiger charge is 2.21. The van der Waals surface area contributed by atoms with Crippen LogP contribution in [0, 0.1) is 23.7 Å².